The zero-order chi connectivity index (χ0) is 17.9. The Morgan fingerprint density at radius 1 is 1.29 bits per heavy atom. The Hall–Kier alpha value is -2.28. The van der Waals surface area contributed by atoms with Gasteiger partial charge in [-0.25, -0.2) is 4.79 Å². The Bertz CT molecular complexity index is 682. The summed E-state index contributed by atoms with van der Waals surface area (Å²) in [5, 5.41) is -0.461. The molecule has 1 fully saturated rings. The molecule has 7 heteroatoms. The summed E-state index contributed by atoms with van der Waals surface area (Å²) in [5.74, 6) is -1.06. The van der Waals surface area contributed by atoms with Crippen molar-refractivity contribution in [3.8, 4) is 0 Å². The first-order chi connectivity index (χ1) is 11.3. The first-order valence-electron chi connectivity index (χ1n) is 7.56. The van der Waals surface area contributed by atoms with Crippen molar-refractivity contribution in [2.75, 3.05) is 25.6 Å². The van der Waals surface area contributed by atoms with E-state index >= 15 is 0 Å². The minimum Gasteiger partial charge on any atom is -0.464 e. The molecule has 1 atom stereocenters. The molecule has 1 aliphatic rings. The van der Waals surface area contributed by atoms with Crippen LogP contribution in [0.2, 0.25) is 0 Å². The summed E-state index contributed by atoms with van der Waals surface area (Å²) in [5.41, 5.74) is 1.85. The second-order valence-electron chi connectivity index (χ2n) is 5.47. The fourth-order valence-electron chi connectivity index (χ4n) is 2.20. The van der Waals surface area contributed by atoms with Gasteiger partial charge >= 0.3 is 5.97 Å². The van der Waals surface area contributed by atoms with Crippen LogP contribution in [0.5, 0.6) is 0 Å². The molecular formula is C17H20N2O4S. The smallest absolute Gasteiger partial charge is 0.329 e. The van der Waals surface area contributed by atoms with E-state index in [1.807, 2.05) is 43.3 Å². The molecule has 6 nitrogen and oxygen atoms in total. The number of amides is 2. The predicted molar refractivity (Wildman–Crippen MR) is 94.7 cm³/mol. The molecule has 1 saturated heterocycles. The molecule has 1 heterocycles. The zero-order valence-corrected chi connectivity index (χ0v) is 14.9. The van der Waals surface area contributed by atoms with Crippen LogP contribution in [0.3, 0.4) is 0 Å². The van der Waals surface area contributed by atoms with E-state index < -0.39 is 23.2 Å². The summed E-state index contributed by atoms with van der Waals surface area (Å²) in [7, 11) is 3.88. The minimum atomic E-state index is -0.931. The second-order valence-corrected chi connectivity index (χ2v) is 6.46. The molecule has 0 N–H and O–H groups in total. The van der Waals surface area contributed by atoms with Gasteiger partial charge in [0.15, 0.2) is 0 Å². The van der Waals surface area contributed by atoms with Gasteiger partial charge in [0.1, 0.15) is 6.04 Å². The average Bonchev–Trinajstić information content (AvgIpc) is 2.81. The summed E-state index contributed by atoms with van der Waals surface area (Å²) in [6.45, 7) is 3.37. The molecule has 24 heavy (non-hydrogen) atoms. The van der Waals surface area contributed by atoms with Crippen LogP contribution in [0, 0.1) is 0 Å². The van der Waals surface area contributed by atoms with Gasteiger partial charge in [-0.2, -0.15) is 0 Å². The van der Waals surface area contributed by atoms with E-state index in [1.54, 1.807) is 13.0 Å². The van der Waals surface area contributed by atoms with E-state index in [4.69, 9.17) is 4.74 Å². The van der Waals surface area contributed by atoms with E-state index in [-0.39, 0.29) is 6.61 Å². The highest BCUT2D eigenvalue weighted by atomic mass is 32.2. The number of carbonyl (C=O) groups is 3. The lowest BCUT2D eigenvalue weighted by atomic mass is 10.2. The number of ether oxygens (including phenoxy) is 1. The molecule has 0 aromatic heterocycles. The van der Waals surface area contributed by atoms with E-state index in [2.05, 4.69) is 0 Å². The summed E-state index contributed by atoms with van der Waals surface area (Å²) in [6, 6.07) is 6.67. The summed E-state index contributed by atoms with van der Waals surface area (Å²) in [6.07, 6.45) is 1.65. The Balaban J connectivity index is 2.19. The molecule has 0 spiro atoms. The lowest BCUT2D eigenvalue weighted by Gasteiger charge is -2.19. The number of hydrogen-bond acceptors (Lipinski definition) is 6. The first kappa shape index (κ1) is 18.1. The number of carbonyl (C=O) groups excluding carboxylic acids is 3. The Morgan fingerprint density at radius 2 is 1.92 bits per heavy atom. The molecule has 128 valence electrons. The molecule has 1 aromatic rings. The molecule has 0 aliphatic carbocycles. The van der Waals surface area contributed by atoms with Crippen LogP contribution in [0.25, 0.3) is 6.08 Å². The highest BCUT2D eigenvalue weighted by molar-refractivity contribution is 8.18. The molecule has 0 saturated carbocycles. The van der Waals surface area contributed by atoms with Crippen molar-refractivity contribution >= 4 is 40.6 Å². The number of benzene rings is 1. The Labute approximate surface area is 145 Å². The van der Waals surface area contributed by atoms with Crippen molar-refractivity contribution in [2.24, 2.45) is 0 Å². The quantitative estimate of drug-likeness (QED) is 0.602. The highest BCUT2D eigenvalue weighted by Gasteiger charge is 2.41. The van der Waals surface area contributed by atoms with Gasteiger partial charge in [0.2, 0.25) is 0 Å². The Morgan fingerprint density at radius 3 is 2.46 bits per heavy atom. The van der Waals surface area contributed by atoms with Crippen LogP contribution in [0.1, 0.15) is 19.4 Å². The zero-order valence-electron chi connectivity index (χ0n) is 14.1. The first-order valence-corrected chi connectivity index (χ1v) is 8.38. The van der Waals surface area contributed by atoms with E-state index in [0.717, 1.165) is 27.9 Å². The van der Waals surface area contributed by atoms with Crippen LogP contribution in [-0.4, -0.2) is 48.8 Å². The largest absolute Gasteiger partial charge is 0.464 e. The molecule has 0 unspecified atom stereocenters. The third kappa shape index (κ3) is 3.79. The topological polar surface area (TPSA) is 66.9 Å². The van der Waals surface area contributed by atoms with Gasteiger partial charge in [0, 0.05) is 19.8 Å². The number of hydrogen-bond donors (Lipinski definition) is 0. The lowest BCUT2D eigenvalue weighted by molar-refractivity contribution is -0.150. The van der Waals surface area contributed by atoms with E-state index in [1.165, 1.54) is 6.92 Å². The average molecular weight is 348 g/mol. The number of thioether (sulfide) groups is 1. The van der Waals surface area contributed by atoms with Crippen molar-refractivity contribution in [1.29, 1.82) is 0 Å². The molecule has 0 radical (unpaired) electrons. The fraction of sp³-hybridized carbons (Fsp3) is 0.353. The number of nitrogens with zero attached hydrogens (tertiary/aromatic N) is 2. The third-order valence-corrected chi connectivity index (χ3v) is 4.43. The van der Waals surface area contributed by atoms with Gasteiger partial charge in [-0.3, -0.25) is 14.5 Å². The SMILES string of the molecule is CCOC(=O)[C@@H](C)N1C(=O)S/C(=C\c2ccc(N(C)C)cc2)C1=O. The van der Waals surface area contributed by atoms with E-state index in [9.17, 15) is 14.4 Å². The second kappa shape index (κ2) is 7.53. The Kier molecular flexibility index (Phi) is 5.66. The van der Waals surface area contributed by atoms with Gasteiger partial charge < -0.3 is 9.64 Å². The minimum absolute atomic E-state index is 0.202. The van der Waals surface area contributed by atoms with Crippen LogP contribution in [-0.2, 0) is 14.3 Å². The van der Waals surface area contributed by atoms with Gasteiger partial charge in [0.05, 0.1) is 11.5 Å². The van der Waals surface area contributed by atoms with Gasteiger partial charge in [-0.05, 0) is 49.4 Å². The maximum Gasteiger partial charge on any atom is 0.329 e. The molecule has 2 rings (SSSR count). The van der Waals surface area contributed by atoms with Crippen LogP contribution in [0.4, 0.5) is 10.5 Å². The fourth-order valence-corrected chi connectivity index (χ4v) is 3.11. The summed E-state index contributed by atoms with van der Waals surface area (Å²) < 4.78 is 4.88. The normalized spacial score (nSPS) is 17.3. The number of esters is 1. The summed E-state index contributed by atoms with van der Waals surface area (Å²) >= 11 is 0.831. The van der Waals surface area contributed by atoms with Gasteiger partial charge in [-0.15, -0.1) is 0 Å². The number of anilines is 1. The van der Waals surface area contributed by atoms with Crippen LogP contribution >= 0.6 is 11.8 Å². The van der Waals surface area contributed by atoms with E-state index in [0.29, 0.717) is 4.91 Å². The molecule has 1 aliphatic heterocycles. The third-order valence-electron chi connectivity index (χ3n) is 3.55. The summed E-state index contributed by atoms with van der Waals surface area (Å²) in [4.78, 5) is 39.5. The standard InChI is InChI=1S/C17H20N2O4S/c1-5-23-16(21)11(2)19-15(20)14(24-17(19)22)10-12-6-8-13(9-7-12)18(3)4/h6-11H,5H2,1-4H3/b14-10-/t11-/m1/s1. The molecular weight excluding hydrogens is 328 g/mol. The monoisotopic (exact) mass is 348 g/mol. The van der Waals surface area contributed by atoms with Gasteiger partial charge in [0.25, 0.3) is 11.1 Å². The van der Waals surface area contributed by atoms with Crippen molar-refractivity contribution in [1.82, 2.24) is 4.90 Å². The van der Waals surface area contributed by atoms with Crippen molar-refractivity contribution in [3.63, 3.8) is 0 Å². The highest BCUT2D eigenvalue weighted by Crippen LogP contribution is 2.34. The van der Waals surface area contributed by atoms with Gasteiger partial charge in [-0.1, -0.05) is 12.1 Å². The van der Waals surface area contributed by atoms with Crippen molar-refractivity contribution < 1.29 is 19.1 Å². The maximum atomic E-state index is 12.4. The van der Waals surface area contributed by atoms with Crippen molar-refractivity contribution in [2.45, 2.75) is 19.9 Å². The van der Waals surface area contributed by atoms with Crippen molar-refractivity contribution in [3.05, 3.63) is 34.7 Å². The molecule has 0 bridgehead atoms. The number of rotatable bonds is 5. The molecule has 1 aromatic carbocycles. The molecule has 2 amide bonds. The lowest BCUT2D eigenvalue weighted by Crippen LogP contribution is -2.42. The van der Waals surface area contributed by atoms with Crippen LogP contribution in [0.15, 0.2) is 29.2 Å². The predicted octanol–water partition coefficient (Wildman–Crippen LogP) is 2.74. The number of imide groups is 1. The van der Waals surface area contributed by atoms with Crippen LogP contribution < -0.4 is 4.90 Å². The maximum absolute atomic E-state index is 12.4.